The minimum atomic E-state index is -0.725. The number of fused-ring (bicyclic) bond motifs is 3. The number of aromatic nitrogens is 1. The molecule has 8 heteroatoms. The monoisotopic (exact) mass is 471 g/mol. The molecule has 2 bridgehead atoms. The Kier molecular flexibility index (Phi) is 4.48. The molecule has 35 heavy (non-hydrogen) atoms. The number of nitrogens with one attached hydrogen (secondary N) is 2. The van der Waals surface area contributed by atoms with Crippen molar-refractivity contribution in [2.24, 2.45) is 11.8 Å². The molecule has 0 radical (unpaired) electrons. The van der Waals surface area contributed by atoms with Crippen LogP contribution in [0.2, 0.25) is 0 Å². The topological polar surface area (TPSA) is 92.9 Å². The minimum absolute atomic E-state index is 0.0358. The summed E-state index contributed by atoms with van der Waals surface area (Å²) < 4.78 is 17.1. The van der Waals surface area contributed by atoms with Gasteiger partial charge in [0.15, 0.2) is 11.5 Å². The molecule has 1 spiro atoms. The predicted octanol–water partition coefficient (Wildman–Crippen LogP) is 2.54. The second kappa shape index (κ2) is 7.61. The highest BCUT2D eigenvalue weighted by Crippen LogP contribution is 2.52. The first-order valence-corrected chi connectivity index (χ1v) is 12.0. The number of ether oxygens (including phenoxy) is 3. The summed E-state index contributed by atoms with van der Waals surface area (Å²) in [6.45, 7) is 1.59. The third-order valence-corrected chi connectivity index (χ3v) is 7.66. The Morgan fingerprint density at radius 1 is 1.17 bits per heavy atom. The lowest BCUT2D eigenvalue weighted by atomic mass is 9.77. The zero-order valence-corrected chi connectivity index (χ0v) is 19.0. The molecular formula is C27H25N3O5. The number of likely N-dealkylation sites (tertiary alicyclic amines) is 1. The van der Waals surface area contributed by atoms with Crippen molar-refractivity contribution in [2.75, 3.05) is 19.9 Å². The number of rotatable bonds is 6. The molecule has 8 nitrogen and oxygen atoms in total. The van der Waals surface area contributed by atoms with E-state index in [1.54, 1.807) is 4.90 Å². The molecule has 4 aliphatic rings. The van der Waals surface area contributed by atoms with E-state index in [1.165, 1.54) is 0 Å². The van der Waals surface area contributed by atoms with Gasteiger partial charge in [0.05, 0.1) is 24.5 Å². The standard InChI is InChI=1S/C27H25N3O5/c31-25(28-10-8-17-12-29-19-4-2-1-3-18(17)19)23-21-7-9-27(35-21)14-30(26(32)24(23)27)13-16-5-6-20-22(11-16)34-15-33-20/h1-7,9,11-12,21,23-24,29H,8,10,13-15H2,(H,28,31)/t21-,23-,24+,27-/m0/s1. The zero-order chi connectivity index (χ0) is 23.6. The molecule has 1 aromatic heterocycles. The lowest BCUT2D eigenvalue weighted by Crippen LogP contribution is -2.44. The molecule has 2 aromatic carbocycles. The molecule has 0 unspecified atom stereocenters. The van der Waals surface area contributed by atoms with E-state index in [0.29, 0.717) is 37.6 Å². The second-order valence-electron chi connectivity index (χ2n) is 9.68. The van der Waals surface area contributed by atoms with Gasteiger partial charge in [-0.1, -0.05) is 36.4 Å². The maximum atomic E-state index is 13.5. The summed E-state index contributed by atoms with van der Waals surface area (Å²) in [4.78, 5) is 31.8. The summed E-state index contributed by atoms with van der Waals surface area (Å²) in [5.74, 6) is 0.232. The summed E-state index contributed by atoms with van der Waals surface area (Å²) in [6, 6.07) is 13.8. The summed E-state index contributed by atoms with van der Waals surface area (Å²) >= 11 is 0. The van der Waals surface area contributed by atoms with Crippen LogP contribution in [-0.4, -0.2) is 53.3 Å². The Labute approximate surface area is 201 Å². The van der Waals surface area contributed by atoms with E-state index < -0.39 is 17.4 Å². The normalized spacial score (nSPS) is 27.7. The van der Waals surface area contributed by atoms with Gasteiger partial charge in [-0.2, -0.15) is 0 Å². The average Bonchev–Trinajstić information content (AvgIpc) is 3.67. The van der Waals surface area contributed by atoms with Crippen molar-refractivity contribution in [2.45, 2.75) is 24.7 Å². The minimum Gasteiger partial charge on any atom is -0.454 e. The van der Waals surface area contributed by atoms with Crippen molar-refractivity contribution in [3.8, 4) is 11.5 Å². The fourth-order valence-corrected chi connectivity index (χ4v) is 6.05. The Bertz CT molecular complexity index is 1380. The SMILES string of the molecule is O=C(NCCc1c[nH]c2ccccc12)[C@H]1[C@@H]2C=C[C@@]3(CN(Cc4ccc5c(c4)OCO5)C(=O)[C@@H]13)O2. The number of para-hydroxylation sites is 1. The summed E-state index contributed by atoms with van der Waals surface area (Å²) in [5.41, 5.74) is 2.48. The van der Waals surface area contributed by atoms with Gasteiger partial charge in [-0.3, -0.25) is 9.59 Å². The van der Waals surface area contributed by atoms with E-state index in [0.717, 1.165) is 22.0 Å². The molecule has 7 rings (SSSR count). The number of aromatic amines is 1. The predicted molar refractivity (Wildman–Crippen MR) is 127 cm³/mol. The lowest BCUT2D eigenvalue weighted by Gasteiger charge is -2.23. The van der Waals surface area contributed by atoms with Crippen LogP contribution in [0.25, 0.3) is 10.9 Å². The first-order chi connectivity index (χ1) is 17.1. The van der Waals surface area contributed by atoms with Crippen LogP contribution in [0.15, 0.2) is 60.8 Å². The smallest absolute Gasteiger partial charge is 0.231 e. The van der Waals surface area contributed by atoms with Crippen LogP contribution in [0.1, 0.15) is 11.1 Å². The van der Waals surface area contributed by atoms with Gasteiger partial charge in [0, 0.05) is 30.2 Å². The number of benzene rings is 2. The van der Waals surface area contributed by atoms with Crippen molar-refractivity contribution in [3.63, 3.8) is 0 Å². The number of carbonyl (C=O) groups is 2. The van der Waals surface area contributed by atoms with Crippen LogP contribution in [0.4, 0.5) is 0 Å². The van der Waals surface area contributed by atoms with Crippen LogP contribution in [0.3, 0.4) is 0 Å². The van der Waals surface area contributed by atoms with Crippen LogP contribution in [0, 0.1) is 11.8 Å². The fourth-order valence-electron chi connectivity index (χ4n) is 6.05. The van der Waals surface area contributed by atoms with E-state index in [9.17, 15) is 9.59 Å². The number of hydrogen-bond acceptors (Lipinski definition) is 5. The Hall–Kier alpha value is -3.78. The van der Waals surface area contributed by atoms with E-state index in [2.05, 4.69) is 16.4 Å². The van der Waals surface area contributed by atoms with E-state index in [1.807, 2.05) is 54.7 Å². The van der Waals surface area contributed by atoms with Gasteiger partial charge < -0.3 is 29.4 Å². The molecular weight excluding hydrogens is 446 g/mol. The number of carbonyl (C=O) groups excluding carboxylic acids is 2. The molecule has 178 valence electrons. The summed E-state index contributed by atoms with van der Waals surface area (Å²) in [5, 5.41) is 4.23. The molecule has 3 aromatic rings. The molecule has 0 aliphatic carbocycles. The van der Waals surface area contributed by atoms with Crippen molar-refractivity contribution in [3.05, 3.63) is 71.9 Å². The summed E-state index contributed by atoms with van der Waals surface area (Å²) in [7, 11) is 0. The quantitative estimate of drug-likeness (QED) is 0.539. The van der Waals surface area contributed by atoms with Crippen LogP contribution in [0.5, 0.6) is 11.5 Å². The number of hydrogen-bond donors (Lipinski definition) is 2. The first-order valence-electron chi connectivity index (χ1n) is 12.0. The van der Waals surface area contributed by atoms with Crippen LogP contribution in [-0.2, 0) is 27.3 Å². The van der Waals surface area contributed by atoms with E-state index >= 15 is 0 Å². The molecule has 5 heterocycles. The van der Waals surface area contributed by atoms with Gasteiger partial charge in [-0.15, -0.1) is 0 Å². The molecule has 4 atom stereocenters. The van der Waals surface area contributed by atoms with Gasteiger partial charge in [0.2, 0.25) is 18.6 Å². The molecule has 2 saturated heterocycles. The molecule has 0 saturated carbocycles. The second-order valence-corrected chi connectivity index (χ2v) is 9.68. The Balaban J connectivity index is 1.04. The van der Waals surface area contributed by atoms with Crippen molar-refractivity contribution in [1.29, 1.82) is 0 Å². The molecule has 2 amide bonds. The molecule has 2 fully saturated rings. The Morgan fingerprint density at radius 2 is 2.06 bits per heavy atom. The van der Waals surface area contributed by atoms with E-state index in [4.69, 9.17) is 14.2 Å². The van der Waals surface area contributed by atoms with Gasteiger partial charge in [-0.05, 0) is 35.7 Å². The van der Waals surface area contributed by atoms with Crippen LogP contribution >= 0.6 is 0 Å². The molecule has 2 N–H and O–H groups in total. The number of H-pyrrole nitrogens is 1. The highest BCUT2D eigenvalue weighted by Gasteiger charge is 2.66. The average molecular weight is 472 g/mol. The Morgan fingerprint density at radius 3 is 3.00 bits per heavy atom. The maximum Gasteiger partial charge on any atom is 0.231 e. The highest BCUT2D eigenvalue weighted by molar-refractivity contribution is 5.93. The van der Waals surface area contributed by atoms with Crippen molar-refractivity contribution < 1.29 is 23.8 Å². The number of amides is 2. The van der Waals surface area contributed by atoms with Crippen molar-refractivity contribution >= 4 is 22.7 Å². The number of nitrogens with zero attached hydrogens (tertiary/aromatic N) is 1. The largest absolute Gasteiger partial charge is 0.454 e. The van der Waals surface area contributed by atoms with Crippen molar-refractivity contribution in [1.82, 2.24) is 15.2 Å². The third kappa shape index (κ3) is 3.16. The summed E-state index contributed by atoms with van der Waals surface area (Å²) in [6.07, 6.45) is 6.27. The van der Waals surface area contributed by atoms with Gasteiger partial charge in [0.1, 0.15) is 5.60 Å². The van der Waals surface area contributed by atoms with Gasteiger partial charge >= 0.3 is 0 Å². The molecule has 4 aliphatic heterocycles. The lowest BCUT2D eigenvalue weighted by molar-refractivity contribution is -0.137. The highest BCUT2D eigenvalue weighted by atomic mass is 16.7. The fraction of sp³-hybridized carbons (Fsp3) is 0.333. The van der Waals surface area contributed by atoms with E-state index in [-0.39, 0.29) is 24.7 Å². The first kappa shape index (κ1) is 20.6. The van der Waals surface area contributed by atoms with Crippen LogP contribution < -0.4 is 14.8 Å². The van der Waals surface area contributed by atoms with Gasteiger partial charge in [0.25, 0.3) is 0 Å². The zero-order valence-electron chi connectivity index (χ0n) is 19.0. The maximum absolute atomic E-state index is 13.5. The third-order valence-electron chi connectivity index (χ3n) is 7.66. The van der Waals surface area contributed by atoms with Gasteiger partial charge in [-0.25, -0.2) is 0 Å².